The molecule has 1 aliphatic carbocycles. The van der Waals surface area contributed by atoms with Gasteiger partial charge in [-0.1, -0.05) is 12.8 Å². The lowest BCUT2D eigenvalue weighted by molar-refractivity contribution is 0.0612. The molecule has 8 nitrogen and oxygen atoms in total. The summed E-state index contributed by atoms with van der Waals surface area (Å²) >= 11 is 0. The quantitative estimate of drug-likeness (QED) is 0.429. The van der Waals surface area contributed by atoms with E-state index in [1.807, 2.05) is 6.92 Å². The number of aromatic nitrogens is 3. The number of ether oxygens (including phenoxy) is 1. The van der Waals surface area contributed by atoms with Crippen LogP contribution in [0.4, 0.5) is 11.9 Å². The zero-order chi connectivity index (χ0) is 13.7. The van der Waals surface area contributed by atoms with Gasteiger partial charge in [0.2, 0.25) is 11.9 Å². The summed E-state index contributed by atoms with van der Waals surface area (Å²) in [6, 6.07) is 0.200. The Morgan fingerprint density at radius 3 is 2.58 bits per heavy atom. The van der Waals surface area contributed by atoms with Crippen LogP contribution in [0.2, 0.25) is 0 Å². The van der Waals surface area contributed by atoms with Crippen LogP contribution in [0, 0.1) is 0 Å². The van der Waals surface area contributed by atoms with Crippen LogP contribution >= 0.6 is 0 Å². The predicted octanol–water partition coefficient (Wildman–Crippen LogP) is 0.273. The minimum Gasteiger partial charge on any atom is -0.464 e. The molecule has 0 aliphatic heterocycles. The van der Waals surface area contributed by atoms with E-state index in [4.69, 9.17) is 10.6 Å². The molecule has 0 atom stereocenters. The van der Waals surface area contributed by atoms with Gasteiger partial charge in [-0.25, -0.2) is 5.84 Å². The number of rotatable bonds is 6. The largest absolute Gasteiger partial charge is 0.464 e. The molecule has 8 heteroatoms. The second-order valence-corrected chi connectivity index (χ2v) is 4.63. The molecular formula is C11H20N6O2. The lowest BCUT2D eigenvalue weighted by atomic mass is 10.0. The van der Waals surface area contributed by atoms with Crippen molar-refractivity contribution in [3.8, 4) is 6.01 Å². The summed E-state index contributed by atoms with van der Waals surface area (Å²) in [5, 5.41) is 13.3. The van der Waals surface area contributed by atoms with Crippen molar-refractivity contribution >= 4 is 11.9 Å². The number of hydrogen-bond donors (Lipinski definition) is 4. The van der Waals surface area contributed by atoms with E-state index >= 15 is 0 Å². The summed E-state index contributed by atoms with van der Waals surface area (Å²) in [7, 11) is 0. The van der Waals surface area contributed by atoms with Crippen LogP contribution in [0.15, 0.2) is 0 Å². The van der Waals surface area contributed by atoms with Gasteiger partial charge in [-0.3, -0.25) is 5.43 Å². The Morgan fingerprint density at radius 1 is 1.26 bits per heavy atom. The highest BCUT2D eigenvalue weighted by Gasteiger charge is 2.31. The van der Waals surface area contributed by atoms with E-state index in [0.717, 1.165) is 25.7 Å². The van der Waals surface area contributed by atoms with E-state index < -0.39 is 5.60 Å². The summed E-state index contributed by atoms with van der Waals surface area (Å²) < 4.78 is 5.23. The Hall–Kier alpha value is -1.67. The molecule has 1 fully saturated rings. The summed E-state index contributed by atoms with van der Waals surface area (Å²) in [6.07, 6.45) is 3.70. The number of aliphatic hydroxyl groups is 1. The van der Waals surface area contributed by atoms with Gasteiger partial charge in [0.15, 0.2) is 0 Å². The molecule has 0 radical (unpaired) electrons. The summed E-state index contributed by atoms with van der Waals surface area (Å²) in [4.78, 5) is 12.1. The number of hydrazine groups is 1. The SMILES string of the molecule is CCOc1nc(NN)nc(NCC2(O)CCCC2)n1. The highest BCUT2D eigenvalue weighted by molar-refractivity contribution is 5.35. The van der Waals surface area contributed by atoms with Crippen molar-refractivity contribution in [3.63, 3.8) is 0 Å². The number of nitrogen functional groups attached to an aromatic ring is 1. The maximum atomic E-state index is 10.2. The lowest BCUT2D eigenvalue weighted by Gasteiger charge is -2.22. The van der Waals surface area contributed by atoms with Crippen LogP contribution in [0.1, 0.15) is 32.6 Å². The molecule has 0 spiro atoms. The standard InChI is InChI=1S/C11H20N6O2/c1-2-19-10-15-8(14-9(16-10)17-12)13-7-11(18)5-3-4-6-11/h18H,2-7,12H2,1H3,(H2,13,14,15,16,17). The number of nitrogens with one attached hydrogen (secondary N) is 2. The Bertz CT molecular complexity index is 422. The predicted molar refractivity (Wildman–Crippen MR) is 70.7 cm³/mol. The number of nitrogens with two attached hydrogens (primary N) is 1. The zero-order valence-electron chi connectivity index (χ0n) is 11.0. The second-order valence-electron chi connectivity index (χ2n) is 4.63. The maximum absolute atomic E-state index is 10.2. The van der Waals surface area contributed by atoms with Crippen LogP contribution in [0.5, 0.6) is 6.01 Å². The van der Waals surface area contributed by atoms with Crippen LogP contribution in [-0.4, -0.2) is 38.8 Å². The molecule has 0 amide bonds. The Kier molecular flexibility index (Phi) is 4.33. The van der Waals surface area contributed by atoms with Gasteiger partial charge in [-0.05, 0) is 19.8 Å². The number of anilines is 2. The van der Waals surface area contributed by atoms with Crippen molar-refractivity contribution in [1.29, 1.82) is 0 Å². The van der Waals surface area contributed by atoms with E-state index in [-0.39, 0.29) is 12.0 Å². The van der Waals surface area contributed by atoms with E-state index in [2.05, 4.69) is 25.7 Å². The van der Waals surface area contributed by atoms with Gasteiger partial charge in [0.1, 0.15) is 0 Å². The summed E-state index contributed by atoms with van der Waals surface area (Å²) in [5.74, 6) is 5.85. The highest BCUT2D eigenvalue weighted by atomic mass is 16.5. The molecule has 0 saturated heterocycles. The van der Waals surface area contributed by atoms with Gasteiger partial charge in [0, 0.05) is 6.54 Å². The van der Waals surface area contributed by atoms with Gasteiger partial charge >= 0.3 is 6.01 Å². The van der Waals surface area contributed by atoms with Gasteiger partial charge in [0.05, 0.1) is 12.2 Å². The van der Waals surface area contributed by atoms with Gasteiger partial charge in [-0.2, -0.15) is 15.0 Å². The summed E-state index contributed by atoms with van der Waals surface area (Å²) in [5.41, 5.74) is 1.69. The van der Waals surface area contributed by atoms with Gasteiger partial charge in [-0.15, -0.1) is 0 Å². The molecule has 0 bridgehead atoms. The van der Waals surface area contributed by atoms with Crippen molar-refractivity contribution in [2.75, 3.05) is 23.9 Å². The van der Waals surface area contributed by atoms with Crippen LogP contribution in [-0.2, 0) is 0 Å². The van der Waals surface area contributed by atoms with Crippen LogP contribution < -0.4 is 21.3 Å². The van der Waals surface area contributed by atoms with Gasteiger partial charge in [0.25, 0.3) is 0 Å². The molecule has 1 aromatic heterocycles. The first-order valence-electron chi connectivity index (χ1n) is 6.47. The summed E-state index contributed by atoms with van der Waals surface area (Å²) in [6.45, 7) is 2.71. The average molecular weight is 268 g/mol. The van der Waals surface area contributed by atoms with E-state index in [1.54, 1.807) is 0 Å². The van der Waals surface area contributed by atoms with E-state index in [9.17, 15) is 5.11 Å². The highest BCUT2D eigenvalue weighted by Crippen LogP contribution is 2.29. The molecule has 1 saturated carbocycles. The van der Waals surface area contributed by atoms with Crippen molar-refractivity contribution in [3.05, 3.63) is 0 Å². The lowest BCUT2D eigenvalue weighted by Crippen LogP contribution is -2.34. The minimum atomic E-state index is -0.672. The first kappa shape index (κ1) is 13.8. The molecule has 1 aliphatic rings. The molecule has 106 valence electrons. The van der Waals surface area contributed by atoms with Crippen molar-refractivity contribution in [2.24, 2.45) is 5.84 Å². The third-order valence-electron chi connectivity index (χ3n) is 3.13. The second kappa shape index (κ2) is 5.98. The first-order chi connectivity index (χ1) is 9.15. The average Bonchev–Trinajstić information content (AvgIpc) is 2.84. The van der Waals surface area contributed by atoms with Gasteiger partial charge < -0.3 is 15.2 Å². The normalized spacial score (nSPS) is 17.2. The molecule has 19 heavy (non-hydrogen) atoms. The van der Waals surface area contributed by atoms with Crippen LogP contribution in [0.3, 0.4) is 0 Å². The van der Waals surface area contributed by atoms with Crippen molar-refractivity contribution in [2.45, 2.75) is 38.2 Å². The first-order valence-corrected chi connectivity index (χ1v) is 6.47. The fraction of sp³-hybridized carbons (Fsp3) is 0.727. The molecule has 1 heterocycles. The van der Waals surface area contributed by atoms with Crippen molar-refractivity contribution in [1.82, 2.24) is 15.0 Å². The Balaban J connectivity index is 2.04. The van der Waals surface area contributed by atoms with E-state index in [1.165, 1.54) is 0 Å². The molecule has 1 aromatic rings. The molecule has 5 N–H and O–H groups in total. The topological polar surface area (TPSA) is 118 Å². The van der Waals surface area contributed by atoms with Crippen LogP contribution in [0.25, 0.3) is 0 Å². The fourth-order valence-electron chi connectivity index (χ4n) is 2.15. The molecule has 0 aromatic carbocycles. The molecule has 0 unspecified atom stereocenters. The number of nitrogens with zero attached hydrogens (tertiary/aromatic N) is 3. The fourth-order valence-corrected chi connectivity index (χ4v) is 2.15. The van der Waals surface area contributed by atoms with Crippen molar-refractivity contribution < 1.29 is 9.84 Å². The smallest absolute Gasteiger partial charge is 0.323 e. The Labute approximate surface area is 111 Å². The maximum Gasteiger partial charge on any atom is 0.323 e. The van der Waals surface area contributed by atoms with E-state index in [0.29, 0.717) is 19.1 Å². The third kappa shape index (κ3) is 3.65. The molecule has 2 rings (SSSR count). The monoisotopic (exact) mass is 268 g/mol. The minimum absolute atomic E-state index is 0.200. The number of hydrogen-bond acceptors (Lipinski definition) is 8. The molecular weight excluding hydrogens is 248 g/mol. The zero-order valence-corrected chi connectivity index (χ0v) is 11.0. The Morgan fingerprint density at radius 2 is 1.95 bits per heavy atom. The third-order valence-corrected chi connectivity index (χ3v) is 3.13.